The van der Waals surface area contributed by atoms with Gasteiger partial charge in [0.15, 0.2) is 5.82 Å². The van der Waals surface area contributed by atoms with Crippen LogP contribution in [0.4, 0.5) is 0 Å². The van der Waals surface area contributed by atoms with Crippen LogP contribution in [0.2, 0.25) is 0 Å². The van der Waals surface area contributed by atoms with Gasteiger partial charge in [0, 0.05) is 29.1 Å². The molecule has 214 valence electrons. The minimum atomic E-state index is 0.703. The molecule has 0 saturated heterocycles. The largest absolute Gasteiger partial charge is 0.265 e. The molecule has 0 aliphatic rings. The minimum Gasteiger partial charge on any atom is -0.265 e. The van der Waals surface area contributed by atoms with Crippen molar-refractivity contribution in [3.05, 3.63) is 164 Å². The molecule has 0 spiro atoms. The normalized spacial score (nSPS) is 11.5. The molecule has 0 aliphatic heterocycles. The Morgan fingerprint density at radius 3 is 1.74 bits per heavy atom. The lowest BCUT2D eigenvalue weighted by molar-refractivity contribution is 1.19. The first kappa shape index (κ1) is 26.2. The van der Waals surface area contributed by atoms with E-state index in [0.717, 1.165) is 44.8 Å². The van der Waals surface area contributed by atoms with Gasteiger partial charge in [-0.2, -0.15) is 0 Å². The maximum Gasteiger partial charge on any atom is 0.160 e. The van der Waals surface area contributed by atoms with Crippen molar-refractivity contribution in [2.24, 2.45) is 0 Å². The average molecular weight is 586 g/mol. The summed E-state index contributed by atoms with van der Waals surface area (Å²) in [5.41, 5.74) is 9.49. The SMILES string of the molecule is c1ccc(-c2cccc(-c3nc(-c4ccc(-c5ccncc5)cc4)cc(-c4ccc5ccc6cccc7ccc4c5c67)n3)c2)cc1. The molecule has 0 bridgehead atoms. The third-order valence-electron chi connectivity index (χ3n) is 8.95. The van der Waals surface area contributed by atoms with E-state index in [9.17, 15) is 0 Å². The Labute approximate surface area is 266 Å². The Morgan fingerprint density at radius 1 is 0.348 bits per heavy atom. The zero-order valence-corrected chi connectivity index (χ0v) is 24.9. The highest BCUT2D eigenvalue weighted by molar-refractivity contribution is 6.25. The fourth-order valence-corrected chi connectivity index (χ4v) is 6.67. The van der Waals surface area contributed by atoms with Crippen LogP contribution in [-0.4, -0.2) is 15.0 Å². The lowest BCUT2D eigenvalue weighted by Crippen LogP contribution is -1.97. The monoisotopic (exact) mass is 585 g/mol. The van der Waals surface area contributed by atoms with E-state index in [2.05, 4.69) is 138 Å². The lowest BCUT2D eigenvalue weighted by Gasteiger charge is -2.15. The summed E-state index contributed by atoms with van der Waals surface area (Å²) in [6.45, 7) is 0. The van der Waals surface area contributed by atoms with Crippen LogP contribution in [0.1, 0.15) is 0 Å². The van der Waals surface area contributed by atoms with Crippen LogP contribution in [0, 0.1) is 0 Å². The van der Waals surface area contributed by atoms with E-state index in [1.54, 1.807) is 0 Å². The van der Waals surface area contributed by atoms with Gasteiger partial charge in [-0.1, -0.05) is 127 Å². The van der Waals surface area contributed by atoms with Crippen LogP contribution >= 0.6 is 0 Å². The van der Waals surface area contributed by atoms with Gasteiger partial charge in [-0.3, -0.25) is 4.98 Å². The van der Waals surface area contributed by atoms with Crippen molar-refractivity contribution in [2.45, 2.75) is 0 Å². The highest BCUT2D eigenvalue weighted by Crippen LogP contribution is 2.40. The molecule has 0 aliphatic carbocycles. The fourth-order valence-electron chi connectivity index (χ4n) is 6.67. The van der Waals surface area contributed by atoms with Crippen LogP contribution in [0.3, 0.4) is 0 Å². The molecule has 2 heterocycles. The lowest BCUT2D eigenvalue weighted by atomic mass is 9.91. The molecular formula is C43H27N3. The van der Waals surface area contributed by atoms with Crippen LogP contribution < -0.4 is 0 Å². The molecule has 0 atom stereocenters. The Balaban J connectivity index is 1.25. The zero-order valence-electron chi connectivity index (χ0n) is 24.9. The first-order valence-corrected chi connectivity index (χ1v) is 15.5. The van der Waals surface area contributed by atoms with Gasteiger partial charge in [0.25, 0.3) is 0 Å². The van der Waals surface area contributed by atoms with Crippen molar-refractivity contribution < 1.29 is 0 Å². The maximum atomic E-state index is 5.26. The second-order valence-corrected chi connectivity index (χ2v) is 11.7. The number of nitrogens with zero attached hydrogens (tertiary/aromatic N) is 3. The van der Waals surface area contributed by atoms with E-state index >= 15 is 0 Å². The molecule has 0 amide bonds. The third kappa shape index (κ3) is 4.49. The third-order valence-corrected chi connectivity index (χ3v) is 8.95. The standard InChI is InChI=1S/C43H27N3/c1-2-6-28(7-3-1)35-10-5-11-36(26-35)43-45-39(31-14-12-29(13-15-31)30-22-24-44-25-23-30)27-40(46-43)37-20-18-34-17-16-32-8-4-9-33-19-21-38(37)42(34)41(32)33/h1-27H. The number of pyridine rings is 1. The predicted molar refractivity (Wildman–Crippen MR) is 191 cm³/mol. The van der Waals surface area contributed by atoms with E-state index in [4.69, 9.17) is 9.97 Å². The number of rotatable bonds is 5. The van der Waals surface area contributed by atoms with Crippen molar-refractivity contribution >= 4 is 32.3 Å². The molecule has 0 fully saturated rings. The van der Waals surface area contributed by atoms with Gasteiger partial charge in [0.05, 0.1) is 11.4 Å². The molecule has 7 aromatic carbocycles. The zero-order chi connectivity index (χ0) is 30.5. The quantitative estimate of drug-likeness (QED) is 0.189. The number of hydrogen-bond donors (Lipinski definition) is 0. The van der Waals surface area contributed by atoms with E-state index in [0.29, 0.717) is 5.82 Å². The minimum absolute atomic E-state index is 0.703. The van der Waals surface area contributed by atoms with E-state index in [1.165, 1.54) is 37.9 Å². The fraction of sp³-hybridized carbons (Fsp3) is 0. The summed E-state index contributed by atoms with van der Waals surface area (Å²) in [6, 6.07) is 53.7. The van der Waals surface area contributed by atoms with Gasteiger partial charge in [-0.15, -0.1) is 0 Å². The van der Waals surface area contributed by atoms with Gasteiger partial charge in [-0.25, -0.2) is 9.97 Å². The molecule has 0 saturated carbocycles. The average Bonchev–Trinajstić information content (AvgIpc) is 3.14. The van der Waals surface area contributed by atoms with Gasteiger partial charge in [0.2, 0.25) is 0 Å². The van der Waals surface area contributed by atoms with E-state index in [1.807, 2.05) is 30.6 Å². The second kappa shape index (κ2) is 10.8. The highest BCUT2D eigenvalue weighted by atomic mass is 14.9. The molecule has 0 radical (unpaired) electrons. The number of hydrogen-bond acceptors (Lipinski definition) is 3. The summed E-state index contributed by atoms with van der Waals surface area (Å²) in [5, 5.41) is 7.52. The molecule has 2 aromatic heterocycles. The molecule has 46 heavy (non-hydrogen) atoms. The maximum absolute atomic E-state index is 5.26. The molecule has 3 nitrogen and oxygen atoms in total. The van der Waals surface area contributed by atoms with Crippen LogP contribution in [0.5, 0.6) is 0 Å². The highest BCUT2D eigenvalue weighted by Gasteiger charge is 2.16. The molecule has 9 rings (SSSR count). The molecule has 3 heteroatoms. The smallest absolute Gasteiger partial charge is 0.160 e. The van der Waals surface area contributed by atoms with Crippen LogP contribution in [-0.2, 0) is 0 Å². The molecule has 9 aromatic rings. The Kier molecular flexibility index (Phi) is 6.14. The van der Waals surface area contributed by atoms with E-state index in [-0.39, 0.29) is 0 Å². The Morgan fingerprint density at radius 2 is 0.935 bits per heavy atom. The Bertz CT molecular complexity index is 2490. The summed E-state index contributed by atoms with van der Waals surface area (Å²) < 4.78 is 0. The molecule has 0 unspecified atom stereocenters. The van der Waals surface area contributed by atoms with E-state index < -0.39 is 0 Å². The van der Waals surface area contributed by atoms with Crippen LogP contribution in [0.25, 0.3) is 88.5 Å². The summed E-state index contributed by atoms with van der Waals surface area (Å²) in [4.78, 5) is 14.6. The summed E-state index contributed by atoms with van der Waals surface area (Å²) in [7, 11) is 0. The van der Waals surface area contributed by atoms with Crippen molar-refractivity contribution in [1.82, 2.24) is 15.0 Å². The van der Waals surface area contributed by atoms with Crippen molar-refractivity contribution in [1.29, 1.82) is 0 Å². The predicted octanol–water partition coefficient (Wildman–Crippen LogP) is 11.1. The number of benzene rings is 7. The van der Waals surface area contributed by atoms with Gasteiger partial charge >= 0.3 is 0 Å². The first-order chi connectivity index (χ1) is 22.8. The molecular weight excluding hydrogens is 558 g/mol. The summed E-state index contributed by atoms with van der Waals surface area (Å²) in [5.74, 6) is 0.703. The Hall–Kier alpha value is -6.19. The topological polar surface area (TPSA) is 38.7 Å². The molecule has 0 N–H and O–H groups in total. The second-order valence-electron chi connectivity index (χ2n) is 11.7. The number of aromatic nitrogens is 3. The first-order valence-electron chi connectivity index (χ1n) is 15.5. The summed E-state index contributed by atoms with van der Waals surface area (Å²) >= 11 is 0. The summed E-state index contributed by atoms with van der Waals surface area (Å²) in [6.07, 6.45) is 3.65. The van der Waals surface area contributed by atoms with Crippen molar-refractivity contribution in [3.8, 4) is 56.2 Å². The van der Waals surface area contributed by atoms with Crippen molar-refractivity contribution in [3.63, 3.8) is 0 Å². The van der Waals surface area contributed by atoms with Crippen molar-refractivity contribution in [2.75, 3.05) is 0 Å². The van der Waals surface area contributed by atoms with Gasteiger partial charge < -0.3 is 0 Å². The van der Waals surface area contributed by atoms with Gasteiger partial charge in [-0.05, 0) is 78.8 Å². The van der Waals surface area contributed by atoms with Gasteiger partial charge in [0.1, 0.15) is 0 Å². The van der Waals surface area contributed by atoms with Crippen LogP contribution in [0.15, 0.2) is 164 Å².